The molecular weight excluding hydrogens is 596 g/mol. The van der Waals surface area contributed by atoms with Crippen LogP contribution in [0.4, 0.5) is 0 Å². The Balaban J connectivity index is 1.55. The predicted molar refractivity (Wildman–Crippen MR) is 154 cm³/mol. The normalized spacial score (nSPS) is 28.3. The number of ether oxygens (including phenoxy) is 2. The minimum atomic E-state index is -2.25. The summed E-state index contributed by atoms with van der Waals surface area (Å²) in [6, 6.07) is 6.06. The van der Waals surface area contributed by atoms with Crippen molar-refractivity contribution >= 4 is 29.7 Å². The summed E-state index contributed by atoms with van der Waals surface area (Å²) in [5, 5.41) is 90.0. The fraction of sp³-hybridized carbons (Fsp3) is 0.387. The Morgan fingerprint density at radius 3 is 2.27 bits per heavy atom. The lowest BCUT2D eigenvalue weighted by Crippen LogP contribution is -2.68. The molecule has 14 heteroatoms. The van der Waals surface area contributed by atoms with Gasteiger partial charge in [0.25, 0.3) is 0 Å². The van der Waals surface area contributed by atoms with Crippen molar-refractivity contribution in [1.82, 2.24) is 0 Å². The molecule has 45 heavy (non-hydrogen) atoms. The van der Waals surface area contributed by atoms with Crippen LogP contribution in [0.15, 0.2) is 42.5 Å². The second-order valence-electron chi connectivity index (χ2n) is 11.0. The topological polar surface area (TPSA) is 252 Å². The number of phenolic OH excluding ortho intramolecular Hbond substituents is 4. The van der Waals surface area contributed by atoms with Gasteiger partial charge in [0.15, 0.2) is 40.2 Å². The van der Waals surface area contributed by atoms with E-state index in [-0.39, 0.29) is 23.3 Å². The number of benzene rings is 2. The van der Waals surface area contributed by atoms with Crippen LogP contribution in [0.25, 0.3) is 12.2 Å². The second-order valence-corrected chi connectivity index (χ2v) is 11.0. The molecular formula is C31H34O14. The molecule has 4 rings (SSSR count). The Morgan fingerprint density at radius 1 is 0.933 bits per heavy atom. The van der Waals surface area contributed by atoms with Gasteiger partial charge in [0.1, 0.15) is 18.8 Å². The number of hydrogen-bond donors (Lipinski definition) is 9. The van der Waals surface area contributed by atoms with Crippen LogP contribution in [0.1, 0.15) is 29.5 Å². The molecule has 0 aromatic heterocycles. The number of carboxylic acids is 1. The van der Waals surface area contributed by atoms with Gasteiger partial charge in [-0.25, -0.2) is 4.79 Å². The van der Waals surface area contributed by atoms with Crippen LogP contribution in [0, 0.1) is 11.8 Å². The van der Waals surface area contributed by atoms with Gasteiger partial charge in [0.2, 0.25) is 0 Å². The number of carboxylic acid groups (broad SMARTS) is 1. The molecule has 2 fully saturated rings. The maximum atomic E-state index is 13.2. The first-order chi connectivity index (χ1) is 21.3. The lowest BCUT2D eigenvalue weighted by Gasteiger charge is -2.53. The van der Waals surface area contributed by atoms with Crippen LogP contribution in [0.5, 0.6) is 23.0 Å². The summed E-state index contributed by atoms with van der Waals surface area (Å²) in [7, 11) is 0. The van der Waals surface area contributed by atoms with E-state index in [2.05, 4.69) is 0 Å². The first-order valence-electron chi connectivity index (χ1n) is 13.9. The fourth-order valence-corrected chi connectivity index (χ4v) is 5.75. The van der Waals surface area contributed by atoms with Crippen LogP contribution in [-0.4, -0.2) is 107 Å². The SMILES string of the molecule is O=C(C=Cc1ccc(O)c(O)c1)COC1(C(=O)O)CC(O)C(O)C2OC(C(=O)C=Cc3cc(O)c(O)cc3CO)C(CO)CC21. The molecule has 0 amide bonds. The van der Waals surface area contributed by atoms with Crippen molar-refractivity contribution in [2.24, 2.45) is 11.8 Å². The lowest BCUT2D eigenvalue weighted by molar-refractivity contribution is -0.260. The third-order valence-electron chi connectivity index (χ3n) is 8.17. The number of aliphatic carboxylic acids is 1. The molecule has 1 aliphatic heterocycles. The van der Waals surface area contributed by atoms with Gasteiger partial charge < -0.3 is 55.4 Å². The Kier molecular flexibility index (Phi) is 10.3. The standard InChI is InChI=1S/C31H34O14/c32-12-17-10-25(39)24(38)9-16(17)3-6-22(36)28-18(13-33)8-20-29(45-28)27(41)26(40)11-31(20,30(42)43)44-14-19(34)4-1-15-2-5-21(35)23(37)7-15/h1-7,9-10,18,20,26-29,32-33,35,37-41H,8,11-14H2,(H,42,43). The molecule has 7 atom stereocenters. The smallest absolute Gasteiger partial charge is 0.336 e. The van der Waals surface area contributed by atoms with E-state index in [0.717, 1.165) is 24.3 Å². The summed E-state index contributed by atoms with van der Waals surface area (Å²) >= 11 is 0. The Labute approximate surface area is 256 Å². The van der Waals surface area contributed by atoms with Crippen molar-refractivity contribution < 1.29 is 69.8 Å². The van der Waals surface area contributed by atoms with Gasteiger partial charge >= 0.3 is 5.97 Å². The highest BCUT2D eigenvalue weighted by molar-refractivity contribution is 5.97. The van der Waals surface area contributed by atoms with Crippen molar-refractivity contribution in [3.63, 3.8) is 0 Å². The largest absolute Gasteiger partial charge is 0.504 e. The average Bonchev–Trinajstić information content (AvgIpc) is 3.02. The summed E-state index contributed by atoms with van der Waals surface area (Å²) in [5.74, 6) is -6.90. The van der Waals surface area contributed by atoms with E-state index in [1.165, 1.54) is 30.4 Å². The van der Waals surface area contributed by atoms with E-state index in [4.69, 9.17) is 9.47 Å². The van der Waals surface area contributed by atoms with Crippen molar-refractivity contribution in [3.8, 4) is 23.0 Å². The van der Waals surface area contributed by atoms with Gasteiger partial charge in [0, 0.05) is 24.9 Å². The molecule has 0 spiro atoms. The van der Waals surface area contributed by atoms with Gasteiger partial charge in [0.05, 0.1) is 18.8 Å². The summed E-state index contributed by atoms with van der Waals surface area (Å²) in [4.78, 5) is 38.5. The third-order valence-corrected chi connectivity index (χ3v) is 8.17. The number of ketones is 2. The van der Waals surface area contributed by atoms with Crippen molar-refractivity contribution in [3.05, 3.63) is 59.2 Å². The molecule has 0 radical (unpaired) electrons. The molecule has 1 aliphatic carbocycles. The Bertz CT molecular complexity index is 1500. The minimum Gasteiger partial charge on any atom is -0.504 e. The number of aliphatic hydroxyl groups is 4. The van der Waals surface area contributed by atoms with Crippen molar-refractivity contribution in [2.75, 3.05) is 13.2 Å². The quantitative estimate of drug-likeness (QED) is 0.119. The van der Waals surface area contributed by atoms with E-state index in [1.54, 1.807) is 0 Å². The second kappa shape index (κ2) is 13.8. The highest BCUT2D eigenvalue weighted by Crippen LogP contribution is 2.47. The maximum Gasteiger partial charge on any atom is 0.336 e. The Morgan fingerprint density at radius 2 is 1.62 bits per heavy atom. The van der Waals surface area contributed by atoms with Gasteiger partial charge in [-0.15, -0.1) is 0 Å². The van der Waals surface area contributed by atoms with E-state index in [9.17, 15) is 60.3 Å². The van der Waals surface area contributed by atoms with Gasteiger partial charge in [-0.2, -0.15) is 0 Å². The number of aliphatic hydroxyl groups excluding tert-OH is 4. The number of rotatable bonds is 11. The molecule has 7 unspecified atom stereocenters. The number of fused-ring (bicyclic) bond motifs is 1. The van der Waals surface area contributed by atoms with Crippen LogP contribution in [-0.2, 0) is 30.5 Å². The lowest BCUT2D eigenvalue weighted by atomic mass is 9.65. The highest BCUT2D eigenvalue weighted by Gasteiger charge is 2.62. The fourth-order valence-electron chi connectivity index (χ4n) is 5.75. The molecule has 2 aromatic rings. The van der Waals surface area contributed by atoms with Gasteiger partial charge in [-0.3, -0.25) is 9.59 Å². The summed E-state index contributed by atoms with van der Waals surface area (Å²) < 4.78 is 11.5. The van der Waals surface area contributed by atoms with E-state index in [1.807, 2.05) is 0 Å². The van der Waals surface area contributed by atoms with E-state index in [0.29, 0.717) is 5.56 Å². The number of hydrogen-bond acceptors (Lipinski definition) is 13. The number of carbonyl (C=O) groups is 3. The number of carbonyl (C=O) groups excluding carboxylic acids is 2. The zero-order valence-corrected chi connectivity index (χ0v) is 23.8. The zero-order chi connectivity index (χ0) is 33.1. The molecule has 242 valence electrons. The van der Waals surface area contributed by atoms with Gasteiger partial charge in [-0.1, -0.05) is 18.2 Å². The zero-order valence-electron chi connectivity index (χ0n) is 23.8. The first-order valence-corrected chi connectivity index (χ1v) is 13.9. The molecule has 2 aromatic carbocycles. The molecule has 1 saturated carbocycles. The molecule has 2 aliphatic rings. The van der Waals surface area contributed by atoms with Gasteiger partial charge in [-0.05, 0) is 59.5 Å². The number of phenols is 4. The van der Waals surface area contributed by atoms with Crippen LogP contribution in [0.3, 0.4) is 0 Å². The molecule has 0 bridgehead atoms. The summed E-state index contributed by atoms with van der Waals surface area (Å²) in [6.07, 6.45) is -2.34. The summed E-state index contributed by atoms with van der Waals surface area (Å²) in [6.45, 7) is -1.92. The van der Waals surface area contributed by atoms with Crippen LogP contribution in [0.2, 0.25) is 0 Å². The number of aromatic hydroxyl groups is 4. The van der Waals surface area contributed by atoms with E-state index < -0.39 is 103 Å². The van der Waals surface area contributed by atoms with Crippen molar-refractivity contribution in [2.45, 2.75) is 49.5 Å². The molecule has 1 saturated heterocycles. The first kappa shape index (κ1) is 33.6. The summed E-state index contributed by atoms with van der Waals surface area (Å²) in [5.41, 5.74) is -1.50. The van der Waals surface area contributed by atoms with Crippen LogP contribution < -0.4 is 0 Å². The monoisotopic (exact) mass is 630 g/mol. The molecule has 14 nitrogen and oxygen atoms in total. The third kappa shape index (κ3) is 7.01. The molecule has 9 N–H and O–H groups in total. The molecule has 1 heterocycles. The van der Waals surface area contributed by atoms with E-state index >= 15 is 0 Å². The average molecular weight is 631 g/mol. The van der Waals surface area contributed by atoms with Crippen molar-refractivity contribution in [1.29, 1.82) is 0 Å². The maximum absolute atomic E-state index is 13.2. The predicted octanol–water partition coefficient (Wildman–Crippen LogP) is 0.214. The van der Waals surface area contributed by atoms with Crippen LogP contribution >= 0.6 is 0 Å². The highest BCUT2D eigenvalue weighted by atomic mass is 16.5. The Hall–Kier alpha value is -4.31. The minimum absolute atomic E-state index is 0.192.